The van der Waals surface area contributed by atoms with Gasteiger partial charge in [-0.2, -0.15) is 0 Å². The number of likely N-dealkylation sites (tertiary alicyclic amines) is 1. The van der Waals surface area contributed by atoms with Gasteiger partial charge in [0.2, 0.25) is 0 Å². The first kappa shape index (κ1) is 29.4. The number of anilines is 1. The highest BCUT2D eigenvalue weighted by Gasteiger charge is 2.44. The molecule has 222 valence electrons. The number of fused-ring (bicyclic) bond motifs is 1. The minimum Gasteiger partial charge on any atom is -0.489 e. The number of nitrogens with zero attached hydrogens (tertiary/aromatic N) is 3. The third kappa shape index (κ3) is 7.05. The van der Waals surface area contributed by atoms with E-state index in [1.165, 1.54) is 22.1 Å². The van der Waals surface area contributed by atoms with Gasteiger partial charge in [-0.05, 0) is 57.2 Å². The second-order valence-corrected chi connectivity index (χ2v) is 11.3. The summed E-state index contributed by atoms with van der Waals surface area (Å²) in [6.45, 7) is 5.28. The Hall–Kier alpha value is -5.08. The van der Waals surface area contributed by atoms with Crippen molar-refractivity contribution in [2.75, 3.05) is 31.6 Å². The highest BCUT2D eigenvalue weighted by molar-refractivity contribution is 6.03. The Morgan fingerprint density at radius 1 is 1.09 bits per heavy atom. The molecule has 3 aromatic rings. The van der Waals surface area contributed by atoms with Crippen LogP contribution < -0.4 is 19.7 Å². The number of aromatic nitrogens is 1. The second kappa shape index (κ2) is 11.7. The van der Waals surface area contributed by atoms with Crippen molar-refractivity contribution in [1.29, 1.82) is 0 Å². The summed E-state index contributed by atoms with van der Waals surface area (Å²) < 4.78 is 17.0. The van der Waals surface area contributed by atoms with Crippen LogP contribution in [-0.4, -0.2) is 76.9 Å². The average Bonchev–Trinajstić information content (AvgIpc) is 3.06. The summed E-state index contributed by atoms with van der Waals surface area (Å²) >= 11 is 0. The normalized spacial score (nSPS) is 17.2. The molecule has 2 aromatic carbocycles. The number of para-hydroxylation sites is 1. The monoisotopic (exact) mass is 584 g/mol. The van der Waals surface area contributed by atoms with E-state index in [4.69, 9.17) is 14.2 Å². The zero-order chi connectivity index (χ0) is 30.8. The van der Waals surface area contributed by atoms with Crippen molar-refractivity contribution in [3.63, 3.8) is 0 Å². The summed E-state index contributed by atoms with van der Waals surface area (Å²) in [4.78, 5) is 45.4. The molecule has 1 saturated heterocycles. The number of carbonyl (C=O) groups is 3. The lowest BCUT2D eigenvalue weighted by molar-refractivity contribution is -0.120. The van der Waals surface area contributed by atoms with Gasteiger partial charge >= 0.3 is 6.09 Å². The van der Waals surface area contributed by atoms with Gasteiger partial charge in [0.1, 0.15) is 41.2 Å². The van der Waals surface area contributed by atoms with Crippen LogP contribution in [0.2, 0.25) is 0 Å². The van der Waals surface area contributed by atoms with E-state index in [1.807, 2.05) is 18.2 Å². The number of likely N-dealkylation sites (N-methyl/N-ethyl adjacent to an activating group) is 1. The Morgan fingerprint density at radius 2 is 1.84 bits per heavy atom. The number of benzene rings is 2. The predicted molar refractivity (Wildman–Crippen MR) is 157 cm³/mol. The van der Waals surface area contributed by atoms with Crippen LogP contribution in [0.4, 0.5) is 10.5 Å². The van der Waals surface area contributed by atoms with Gasteiger partial charge in [0.15, 0.2) is 5.60 Å². The van der Waals surface area contributed by atoms with Gasteiger partial charge in [0.05, 0.1) is 18.8 Å². The Kier molecular flexibility index (Phi) is 7.98. The van der Waals surface area contributed by atoms with Crippen LogP contribution in [0.1, 0.15) is 36.8 Å². The van der Waals surface area contributed by atoms with E-state index in [-0.39, 0.29) is 31.3 Å². The highest BCUT2D eigenvalue weighted by atomic mass is 16.6. The fourth-order valence-electron chi connectivity index (χ4n) is 4.44. The maximum atomic E-state index is 13.3. The molecule has 0 aliphatic carbocycles. The molecule has 3 heterocycles. The smallest absolute Gasteiger partial charge is 0.410 e. The summed E-state index contributed by atoms with van der Waals surface area (Å²) in [7, 11) is 1.58. The molecular weight excluding hydrogens is 552 g/mol. The van der Waals surface area contributed by atoms with Crippen LogP contribution in [0.5, 0.6) is 17.2 Å². The van der Waals surface area contributed by atoms with Crippen molar-refractivity contribution >= 4 is 23.6 Å². The summed E-state index contributed by atoms with van der Waals surface area (Å²) in [5.41, 5.74) is -0.920. The largest absolute Gasteiger partial charge is 0.489 e. The van der Waals surface area contributed by atoms with E-state index >= 15 is 0 Å². The molecule has 0 saturated carbocycles. The number of aliphatic hydroxyl groups is 1. The minimum absolute atomic E-state index is 0.0267. The number of nitrogens with one attached hydrogen (secondary N) is 1. The summed E-state index contributed by atoms with van der Waals surface area (Å²) in [6, 6.07) is 16.3. The van der Waals surface area contributed by atoms with Crippen molar-refractivity contribution in [1.82, 2.24) is 15.2 Å². The topological polar surface area (TPSA) is 131 Å². The molecule has 1 atom stereocenters. The Balaban J connectivity index is 1.23. The number of rotatable bonds is 4. The molecule has 11 heteroatoms. The molecular formula is C32H32N4O7. The molecule has 11 nitrogen and oxygen atoms in total. The highest BCUT2D eigenvalue weighted by Crippen LogP contribution is 2.32. The van der Waals surface area contributed by atoms with E-state index < -0.39 is 29.2 Å². The van der Waals surface area contributed by atoms with E-state index in [0.29, 0.717) is 28.5 Å². The van der Waals surface area contributed by atoms with Crippen molar-refractivity contribution in [2.45, 2.75) is 38.0 Å². The van der Waals surface area contributed by atoms with Crippen LogP contribution in [-0.2, 0) is 9.53 Å². The number of pyridine rings is 1. The van der Waals surface area contributed by atoms with Crippen LogP contribution in [0.15, 0.2) is 66.9 Å². The predicted octanol–water partition coefficient (Wildman–Crippen LogP) is 3.36. The lowest BCUT2D eigenvalue weighted by Crippen LogP contribution is -2.63. The van der Waals surface area contributed by atoms with Crippen LogP contribution in [0.3, 0.4) is 0 Å². The first-order valence-corrected chi connectivity index (χ1v) is 13.7. The van der Waals surface area contributed by atoms with E-state index in [0.717, 1.165) is 0 Å². The van der Waals surface area contributed by atoms with Crippen LogP contribution >= 0.6 is 0 Å². The number of amides is 3. The van der Waals surface area contributed by atoms with Gasteiger partial charge in [-0.1, -0.05) is 30.0 Å². The second-order valence-electron chi connectivity index (χ2n) is 11.3. The van der Waals surface area contributed by atoms with Crippen LogP contribution in [0, 0.1) is 11.8 Å². The van der Waals surface area contributed by atoms with Gasteiger partial charge in [0.25, 0.3) is 11.8 Å². The zero-order valence-electron chi connectivity index (χ0n) is 24.3. The molecule has 0 unspecified atom stereocenters. The maximum Gasteiger partial charge on any atom is 0.410 e. The summed E-state index contributed by atoms with van der Waals surface area (Å²) in [5.74, 6) is 6.28. The molecule has 0 spiro atoms. The molecule has 5 rings (SSSR count). The first-order valence-electron chi connectivity index (χ1n) is 13.7. The van der Waals surface area contributed by atoms with Gasteiger partial charge in [-0.3, -0.25) is 14.6 Å². The van der Waals surface area contributed by atoms with Crippen molar-refractivity contribution < 1.29 is 33.7 Å². The number of β-amino-alcohol motifs (C(OH)–C–C–N with tert-alkyl or cyclic N) is 1. The number of ether oxygens (including phenoxy) is 3. The molecule has 3 amide bonds. The third-order valence-electron chi connectivity index (χ3n) is 6.60. The molecule has 43 heavy (non-hydrogen) atoms. The minimum atomic E-state index is -1.37. The number of carbonyl (C=O) groups excluding carboxylic acids is 3. The summed E-state index contributed by atoms with van der Waals surface area (Å²) in [5, 5.41) is 13.4. The molecule has 2 aliphatic heterocycles. The number of hydrogen-bond acceptors (Lipinski definition) is 8. The van der Waals surface area contributed by atoms with Gasteiger partial charge < -0.3 is 34.4 Å². The standard InChI is InChI=1S/C32H32N4O7/c1-31(2,3)43-30(39)36-19-32(40,20-36)14-12-21-10-11-27-26(16-21)35(4)29(38)25(18-41-27)34-28(37)24-17-23(13-15-33-24)42-22-8-6-5-7-9-22/h5-11,13,15-17,25,40H,18-20H2,1-4H3,(H,34,37)/t25-/m0/s1. The molecule has 0 radical (unpaired) electrons. The third-order valence-corrected chi connectivity index (χ3v) is 6.60. The van der Waals surface area contributed by atoms with Gasteiger partial charge in [0, 0.05) is 24.9 Å². The first-order chi connectivity index (χ1) is 20.4. The van der Waals surface area contributed by atoms with E-state index in [2.05, 4.69) is 22.1 Å². The Labute approximate surface area is 249 Å². The van der Waals surface area contributed by atoms with E-state index in [1.54, 1.807) is 64.2 Å². The quantitative estimate of drug-likeness (QED) is 0.447. The molecule has 1 aromatic heterocycles. The molecule has 2 N–H and O–H groups in total. The fourth-order valence-corrected chi connectivity index (χ4v) is 4.44. The SMILES string of the molecule is CN1C(=O)[C@@H](NC(=O)c2cc(Oc3ccccc3)ccn2)COc2ccc(C#CC3(O)CN(C(=O)OC(C)(C)C)C3)cc21. The molecule has 0 bridgehead atoms. The van der Waals surface area contributed by atoms with E-state index in [9.17, 15) is 19.5 Å². The van der Waals surface area contributed by atoms with Crippen molar-refractivity contribution in [3.8, 4) is 29.1 Å². The maximum absolute atomic E-state index is 13.3. The molecule has 2 aliphatic rings. The molecule has 1 fully saturated rings. The van der Waals surface area contributed by atoms with Crippen molar-refractivity contribution in [2.24, 2.45) is 0 Å². The fraction of sp³-hybridized carbons (Fsp3) is 0.312. The Bertz CT molecular complexity index is 1600. The average molecular weight is 585 g/mol. The Morgan fingerprint density at radius 3 is 2.56 bits per heavy atom. The van der Waals surface area contributed by atoms with Gasteiger partial charge in [-0.15, -0.1) is 0 Å². The number of hydrogen-bond donors (Lipinski definition) is 2. The van der Waals surface area contributed by atoms with Gasteiger partial charge in [-0.25, -0.2) is 4.79 Å². The van der Waals surface area contributed by atoms with Crippen molar-refractivity contribution in [3.05, 3.63) is 78.1 Å². The lowest BCUT2D eigenvalue weighted by Gasteiger charge is -2.43. The zero-order valence-corrected chi connectivity index (χ0v) is 24.3. The summed E-state index contributed by atoms with van der Waals surface area (Å²) in [6.07, 6.45) is 0.949. The lowest BCUT2D eigenvalue weighted by atomic mass is 9.95. The van der Waals surface area contributed by atoms with Crippen LogP contribution in [0.25, 0.3) is 0 Å².